The Kier molecular flexibility index (Phi) is 3.66. The minimum atomic E-state index is -0.391. The van der Waals surface area contributed by atoms with E-state index in [4.69, 9.17) is 0 Å². The van der Waals surface area contributed by atoms with Gasteiger partial charge in [-0.2, -0.15) is 0 Å². The van der Waals surface area contributed by atoms with Gasteiger partial charge in [-0.1, -0.05) is 30.3 Å². The largest absolute Gasteiger partial charge is 0.372 e. The maximum absolute atomic E-state index is 10.7. The number of nitro groups is 1. The second kappa shape index (κ2) is 5.76. The zero-order valence-electron chi connectivity index (χ0n) is 11.3. The van der Waals surface area contributed by atoms with E-state index in [1.54, 1.807) is 12.1 Å². The second-order valence-electron chi connectivity index (χ2n) is 4.86. The Morgan fingerprint density at radius 1 is 0.952 bits per heavy atom. The van der Waals surface area contributed by atoms with E-state index in [0.29, 0.717) is 0 Å². The summed E-state index contributed by atoms with van der Waals surface area (Å²) in [6.07, 6.45) is 3.90. The van der Waals surface area contributed by atoms with Gasteiger partial charge < -0.3 is 5.32 Å². The van der Waals surface area contributed by atoms with Gasteiger partial charge in [-0.3, -0.25) is 15.4 Å². The molecule has 1 aliphatic rings. The molecule has 5 heteroatoms. The van der Waals surface area contributed by atoms with Gasteiger partial charge in [0, 0.05) is 12.1 Å². The molecule has 2 atom stereocenters. The van der Waals surface area contributed by atoms with E-state index in [9.17, 15) is 10.1 Å². The third-order valence-electron chi connectivity index (χ3n) is 3.49. The highest BCUT2D eigenvalue weighted by atomic mass is 16.6. The predicted molar refractivity (Wildman–Crippen MR) is 80.4 cm³/mol. The highest BCUT2D eigenvalue weighted by Gasteiger charge is 2.19. The molecule has 0 amide bonds. The molecule has 0 radical (unpaired) electrons. The molecule has 21 heavy (non-hydrogen) atoms. The van der Waals surface area contributed by atoms with Crippen molar-refractivity contribution < 1.29 is 4.92 Å². The molecule has 2 unspecified atom stereocenters. The first kappa shape index (κ1) is 13.3. The Morgan fingerprint density at radius 3 is 2.33 bits per heavy atom. The smallest absolute Gasteiger partial charge is 0.269 e. The second-order valence-corrected chi connectivity index (χ2v) is 4.86. The third-order valence-corrected chi connectivity index (χ3v) is 3.49. The number of non-ortho nitro benzene ring substituents is 1. The minimum Gasteiger partial charge on any atom is -0.372 e. The summed E-state index contributed by atoms with van der Waals surface area (Å²) < 4.78 is 0. The molecular formula is C16H15N3O2. The molecule has 2 aromatic rings. The Balaban J connectivity index is 1.78. The Labute approximate surface area is 122 Å². The molecule has 3 rings (SSSR count). The van der Waals surface area contributed by atoms with Crippen LogP contribution in [0.4, 0.5) is 5.69 Å². The van der Waals surface area contributed by atoms with Crippen molar-refractivity contribution in [3.63, 3.8) is 0 Å². The van der Waals surface area contributed by atoms with Crippen molar-refractivity contribution in [2.24, 2.45) is 0 Å². The molecule has 0 aromatic heterocycles. The Bertz CT molecular complexity index is 653. The van der Waals surface area contributed by atoms with Crippen molar-refractivity contribution in [1.29, 1.82) is 0 Å². The molecule has 1 aliphatic heterocycles. The van der Waals surface area contributed by atoms with Crippen LogP contribution in [0.5, 0.6) is 0 Å². The molecule has 2 aromatic carbocycles. The highest BCUT2D eigenvalue weighted by Crippen LogP contribution is 2.23. The molecule has 106 valence electrons. The lowest BCUT2D eigenvalue weighted by Crippen LogP contribution is -2.37. The first-order valence-electron chi connectivity index (χ1n) is 6.72. The van der Waals surface area contributed by atoms with Crippen molar-refractivity contribution in [2.75, 3.05) is 0 Å². The van der Waals surface area contributed by atoms with Gasteiger partial charge in [-0.05, 0) is 35.5 Å². The molecule has 0 saturated carbocycles. The summed E-state index contributed by atoms with van der Waals surface area (Å²) >= 11 is 0. The molecule has 2 N–H and O–H groups in total. The third kappa shape index (κ3) is 2.93. The summed E-state index contributed by atoms with van der Waals surface area (Å²) in [5.41, 5.74) is 2.25. The molecule has 1 heterocycles. The van der Waals surface area contributed by atoms with Gasteiger partial charge in [0.25, 0.3) is 5.69 Å². The maximum atomic E-state index is 10.7. The van der Waals surface area contributed by atoms with Crippen LogP contribution >= 0.6 is 0 Å². The maximum Gasteiger partial charge on any atom is 0.269 e. The number of benzene rings is 2. The van der Waals surface area contributed by atoms with Gasteiger partial charge in [0.05, 0.1) is 11.0 Å². The fraction of sp³-hybridized carbons (Fsp3) is 0.125. The SMILES string of the molecule is O=[N+]([O-])c1ccc(C2NC=CC(c3ccccc3)N2)cc1. The molecule has 0 spiro atoms. The van der Waals surface area contributed by atoms with E-state index in [1.165, 1.54) is 17.7 Å². The molecule has 0 fully saturated rings. The van der Waals surface area contributed by atoms with Crippen LogP contribution in [0.15, 0.2) is 66.9 Å². The van der Waals surface area contributed by atoms with Crippen LogP contribution in [0.1, 0.15) is 23.3 Å². The number of rotatable bonds is 3. The number of nitrogens with zero attached hydrogens (tertiary/aromatic N) is 1. The van der Waals surface area contributed by atoms with Crippen LogP contribution in [-0.4, -0.2) is 4.92 Å². The summed E-state index contributed by atoms with van der Waals surface area (Å²) in [6, 6.07) is 16.8. The average Bonchev–Trinajstić information content (AvgIpc) is 2.56. The van der Waals surface area contributed by atoms with Gasteiger partial charge in [0.2, 0.25) is 0 Å². The predicted octanol–water partition coefficient (Wildman–Crippen LogP) is 3.04. The summed E-state index contributed by atoms with van der Waals surface area (Å²) in [5.74, 6) is 0. The zero-order chi connectivity index (χ0) is 14.7. The van der Waals surface area contributed by atoms with Crippen molar-refractivity contribution >= 4 is 5.69 Å². The van der Waals surface area contributed by atoms with Crippen molar-refractivity contribution in [3.8, 4) is 0 Å². The summed E-state index contributed by atoms with van der Waals surface area (Å²) in [5, 5.41) is 17.4. The fourth-order valence-electron chi connectivity index (χ4n) is 2.38. The topological polar surface area (TPSA) is 67.2 Å². The van der Waals surface area contributed by atoms with Crippen LogP contribution in [0, 0.1) is 10.1 Å². The van der Waals surface area contributed by atoms with Gasteiger partial charge in [0.15, 0.2) is 0 Å². The van der Waals surface area contributed by atoms with Gasteiger partial charge in [-0.25, -0.2) is 0 Å². The highest BCUT2D eigenvalue weighted by molar-refractivity contribution is 5.35. The molecular weight excluding hydrogens is 266 g/mol. The van der Waals surface area contributed by atoms with Crippen LogP contribution in [-0.2, 0) is 0 Å². The normalized spacial score (nSPS) is 20.8. The van der Waals surface area contributed by atoms with Crippen molar-refractivity contribution in [2.45, 2.75) is 12.2 Å². The van der Waals surface area contributed by atoms with Gasteiger partial charge in [0.1, 0.15) is 6.17 Å². The lowest BCUT2D eigenvalue weighted by Gasteiger charge is -2.29. The van der Waals surface area contributed by atoms with Crippen LogP contribution in [0.25, 0.3) is 0 Å². The summed E-state index contributed by atoms with van der Waals surface area (Å²) in [4.78, 5) is 10.3. The standard InChI is InChI=1S/C16H15N3O2/c20-19(21)14-8-6-13(7-9-14)16-17-11-10-15(18-16)12-4-2-1-3-5-12/h1-11,15-18H. The van der Waals surface area contributed by atoms with E-state index in [-0.39, 0.29) is 17.9 Å². The van der Waals surface area contributed by atoms with Crippen molar-refractivity contribution in [3.05, 3.63) is 88.1 Å². The zero-order valence-corrected chi connectivity index (χ0v) is 11.3. The number of nitro benzene ring substituents is 1. The average molecular weight is 281 g/mol. The van der Waals surface area contributed by atoms with E-state index in [1.807, 2.05) is 24.4 Å². The van der Waals surface area contributed by atoms with E-state index in [0.717, 1.165) is 5.56 Å². The Hall–Kier alpha value is -2.66. The first-order valence-corrected chi connectivity index (χ1v) is 6.72. The lowest BCUT2D eigenvalue weighted by atomic mass is 10.0. The molecule has 0 aliphatic carbocycles. The molecule has 5 nitrogen and oxygen atoms in total. The van der Waals surface area contributed by atoms with Crippen LogP contribution in [0.3, 0.4) is 0 Å². The number of hydrogen-bond donors (Lipinski definition) is 2. The molecule has 0 saturated heterocycles. The minimum absolute atomic E-state index is 0.0685. The molecule has 0 bridgehead atoms. The van der Waals surface area contributed by atoms with E-state index < -0.39 is 4.92 Å². The van der Waals surface area contributed by atoms with Crippen LogP contribution < -0.4 is 10.6 Å². The lowest BCUT2D eigenvalue weighted by molar-refractivity contribution is -0.384. The first-order chi connectivity index (χ1) is 10.2. The van der Waals surface area contributed by atoms with E-state index >= 15 is 0 Å². The summed E-state index contributed by atoms with van der Waals surface area (Å²) in [7, 11) is 0. The van der Waals surface area contributed by atoms with Gasteiger partial charge in [-0.15, -0.1) is 0 Å². The van der Waals surface area contributed by atoms with Gasteiger partial charge >= 0.3 is 0 Å². The fourth-order valence-corrected chi connectivity index (χ4v) is 2.38. The number of nitrogens with one attached hydrogen (secondary N) is 2. The van der Waals surface area contributed by atoms with Crippen LogP contribution in [0.2, 0.25) is 0 Å². The Morgan fingerprint density at radius 2 is 1.67 bits per heavy atom. The monoisotopic (exact) mass is 281 g/mol. The number of hydrogen-bond acceptors (Lipinski definition) is 4. The quantitative estimate of drug-likeness (QED) is 0.670. The van der Waals surface area contributed by atoms with Crippen molar-refractivity contribution in [1.82, 2.24) is 10.6 Å². The van der Waals surface area contributed by atoms with E-state index in [2.05, 4.69) is 28.8 Å². The summed E-state index contributed by atoms with van der Waals surface area (Å²) in [6.45, 7) is 0.